The van der Waals surface area contributed by atoms with E-state index in [4.69, 9.17) is 9.47 Å². The summed E-state index contributed by atoms with van der Waals surface area (Å²) in [6.07, 6.45) is 3.97. The van der Waals surface area contributed by atoms with Crippen molar-refractivity contribution in [1.29, 1.82) is 0 Å². The first kappa shape index (κ1) is 19.1. The molecule has 144 valence electrons. The molecule has 2 heterocycles. The number of rotatable bonds is 7. The Balaban J connectivity index is 1.35. The number of anilines is 1. The second-order valence-corrected chi connectivity index (χ2v) is 7.29. The van der Waals surface area contributed by atoms with Crippen molar-refractivity contribution in [1.82, 2.24) is 5.32 Å². The summed E-state index contributed by atoms with van der Waals surface area (Å²) >= 11 is 0. The lowest BCUT2D eigenvalue weighted by Gasteiger charge is -2.24. The number of carbonyl (C=O) groups is 1. The van der Waals surface area contributed by atoms with Crippen LogP contribution in [0.1, 0.15) is 32.6 Å². The third-order valence-corrected chi connectivity index (χ3v) is 5.22. The summed E-state index contributed by atoms with van der Waals surface area (Å²) in [6.45, 7) is 5.51. The van der Waals surface area contributed by atoms with E-state index < -0.39 is 6.10 Å². The first-order valence-electron chi connectivity index (χ1n) is 9.63. The molecule has 5 nitrogen and oxygen atoms in total. The van der Waals surface area contributed by atoms with E-state index in [0.29, 0.717) is 19.1 Å². The minimum atomic E-state index is -0.463. The maximum absolute atomic E-state index is 13.0. The molecule has 3 atom stereocenters. The number of benzene rings is 1. The number of halogens is 1. The molecule has 3 unspecified atom stereocenters. The molecule has 0 radical (unpaired) electrons. The number of nitrogens with one attached hydrogen (secondary N) is 1. The average molecular weight is 364 g/mol. The summed E-state index contributed by atoms with van der Waals surface area (Å²) in [6, 6.07) is 6.58. The van der Waals surface area contributed by atoms with Crippen molar-refractivity contribution < 1.29 is 18.7 Å². The Hall–Kier alpha value is -1.66. The zero-order valence-electron chi connectivity index (χ0n) is 15.5. The summed E-state index contributed by atoms with van der Waals surface area (Å²) < 4.78 is 24.3. The topological polar surface area (TPSA) is 50.8 Å². The van der Waals surface area contributed by atoms with Crippen LogP contribution in [-0.2, 0) is 14.3 Å². The first-order valence-corrected chi connectivity index (χ1v) is 9.63. The van der Waals surface area contributed by atoms with Gasteiger partial charge in [0.05, 0.1) is 12.7 Å². The Labute approximate surface area is 154 Å². The van der Waals surface area contributed by atoms with Crippen LogP contribution in [0.15, 0.2) is 24.3 Å². The molecule has 2 aliphatic rings. The van der Waals surface area contributed by atoms with E-state index in [9.17, 15) is 9.18 Å². The van der Waals surface area contributed by atoms with Gasteiger partial charge in [-0.15, -0.1) is 0 Å². The molecular formula is C20H29FN2O3. The smallest absolute Gasteiger partial charge is 0.248 e. The van der Waals surface area contributed by atoms with Crippen LogP contribution in [0, 0.1) is 11.7 Å². The van der Waals surface area contributed by atoms with Crippen LogP contribution in [0.3, 0.4) is 0 Å². The number of nitrogens with zero attached hydrogens (tertiary/aromatic N) is 1. The van der Waals surface area contributed by atoms with Crippen molar-refractivity contribution in [2.45, 2.75) is 44.8 Å². The van der Waals surface area contributed by atoms with Crippen LogP contribution in [0.25, 0.3) is 0 Å². The van der Waals surface area contributed by atoms with Gasteiger partial charge in [-0.1, -0.05) is 0 Å². The van der Waals surface area contributed by atoms with Crippen molar-refractivity contribution >= 4 is 11.6 Å². The monoisotopic (exact) mass is 364 g/mol. The largest absolute Gasteiger partial charge is 0.376 e. The molecule has 26 heavy (non-hydrogen) atoms. The standard InChI is InChI=1S/C20H29FN2O3/c1-15(26-14-19-4-2-3-11-25-19)20(24)22-12-16-9-10-23(13-16)18-7-5-17(21)6-8-18/h5-8,15-16,19H,2-4,9-14H2,1H3,(H,22,24). The molecule has 0 bridgehead atoms. The van der Waals surface area contributed by atoms with Crippen molar-refractivity contribution in [2.24, 2.45) is 5.92 Å². The van der Waals surface area contributed by atoms with Gasteiger partial charge in [0.25, 0.3) is 0 Å². The van der Waals surface area contributed by atoms with Gasteiger partial charge in [0, 0.05) is 31.9 Å². The third-order valence-electron chi connectivity index (χ3n) is 5.22. The Morgan fingerprint density at radius 1 is 1.35 bits per heavy atom. The zero-order chi connectivity index (χ0) is 18.4. The summed E-state index contributed by atoms with van der Waals surface area (Å²) in [4.78, 5) is 14.5. The highest BCUT2D eigenvalue weighted by atomic mass is 19.1. The number of carbonyl (C=O) groups excluding carboxylic acids is 1. The third kappa shape index (κ3) is 5.42. The average Bonchev–Trinajstić information content (AvgIpc) is 3.14. The molecule has 1 amide bonds. The Kier molecular flexibility index (Phi) is 6.86. The molecule has 0 saturated carbocycles. The molecule has 2 aliphatic heterocycles. The fourth-order valence-corrected chi connectivity index (χ4v) is 3.54. The fourth-order valence-electron chi connectivity index (χ4n) is 3.54. The molecule has 2 saturated heterocycles. The van der Waals surface area contributed by atoms with Crippen LogP contribution in [0.5, 0.6) is 0 Å². The highest BCUT2D eigenvalue weighted by molar-refractivity contribution is 5.80. The van der Waals surface area contributed by atoms with E-state index in [1.54, 1.807) is 19.1 Å². The Morgan fingerprint density at radius 3 is 2.88 bits per heavy atom. The van der Waals surface area contributed by atoms with E-state index in [2.05, 4.69) is 10.2 Å². The second-order valence-electron chi connectivity index (χ2n) is 7.29. The van der Waals surface area contributed by atoms with Crippen LogP contribution < -0.4 is 10.2 Å². The number of amides is 1. The van der Waals surface area contributed by atoms with Crippen LogP contribution in [0.4, 0.5) is 10.1 Å². The van der Waals surface area contributed by atoms with Gasteiger partial charge in [0.15, 0.2) is 0 Å². The summed E-state index contributed by atoms with van der Waals surface area (Å²) in [7, 11) is 0. The summed E-state index contributed by atoms with van der Waals surface area (Å²) in [5, 5.41) is 3.00. The molecule has 6 heteroatoms. The Bertz CT molecular complexity index is 575. The lowest BCUT2D eigenvalue weighted by Crippen LogP contribution is -2.39. The SMILES string of the molecule is CC(OCC1CCCCO1)C(=O)NCC1CCN(c2ccc(F)cc2)C1. The van der Waals surface area contributed by atoms with Crippen LogP contribution in [-0.4, -0.2) is 51.0 Å². The molecule has 0 aliphatic carbocycles. The minimum Gasteiger partial charge on any atom is -0.376 e. The van der Waals surface area contributed by atoms with Gasteiger partial charge in [-0.3, -0.25) is 4.79 Å². The van der Waals surface area contributed by atoms with Gasteiger partial charge >= 0.3 is 0 Å². The predicted octanol–water partition coefficient (Wildman–Crippen LogP) is 2.74. The van der Waals surface area contributed by atoms with E-state index in [1.165, 1.54) is 18.6 Å². The quantitative estimate of drug-likeness (QED) is 0.808. The summed E-state index contributed by atoms with van der Waals surface area (Å²) in [5.74, 6) is 0.114. The van der Waals surface area contributed by atoms with Crippen molar-refractivity contribution in [3.63, 3.8) is 0 Å². The van der Waals surface area contributed by atoms with Gasteiger partial charge in [-0.25, -0.2) is 4.39 Å². The highest BCUT2D eigenvalue weighted by Crippen LogP contribution is 2.23. The summed E-state index contributed by atoms with van der Waals surface area (Å²) in [5.41, 5.74) is 1.03. The van der Waals surface area contributed by atoms with E-state index in [0.717, 1.165) is 44.6 Å². The molecule has 0 spiro atoms. The zero-order valence-corrected chi connectivity index (χ0v) is 15.5. The molecular weight excluding hydrogens is 335 g/mol. The molecule has 0 aromatic heterocycles. The van der Waals surface area contributed by atoms with Gasteiger partial charge < -0.3 is 19.7 Å². The van der Waals surface area contributed by atoms with Gasteiger partial charge in [-0.2, -0.15) is 0 Å². The maximum atomic E-state index is 13.0. The molecule has 2 fully saturated rings. The normalized spacial score (nSPS) is 24.5. The van der Waals surface area contributed by atoms with Crippen molar-refractivity contribution in [3.8, 4) is 0 Å². The Morgan fingerprint density at radius 2 is 2.15 bits per heavy atom. The van der Waals surface area contributed by atoms with Crippen LogP contribution in [0.2, 0.25) is 0 Å². The molecule has 1 N–H and O–H groups in total. The lowest BCUT2D eigenvalue weighted by atomic mass is 10.1. The molecule has 1 aromatic rings. The fraction of sp³-hybridized carbons (Fsp3) is 0.650. The van der Waals surface area contributed by atoms with Gasteiger partial charge in [0.1, 0.15) is 11.9 Å². The number of hydrogen-bond donors (Lipinski definition) is 1. The van der Waals surface area contributed by atoms with Crippen molar-refractivity contribution in [2.75, 3.05) is 37.7 Å². The minimum absolute atomic E-state index is 0.0685. The van der Waals surface area contributed by atoms with Gasteiger partial charge in [-0.05, 0) is 62.8 Å². The van der Waals surface area contributed by atoms with Crippen LogP contribution >= 0.6 is 0 Å². The molecule has 3 rings (SSSR count). The molecule has 1 aromatic carbocycles. The van der Waals surface area contributed by atoms with E-state index in [-0.39, 0.29) is 17.8 Å². The van der Waals surface area contributed by atoms with E-state index in [1.807, 2.05) is 0 Å². The second kappa shape index (κ2) is 9.33. The predicted molar refractivity (Wildman–Crippen MR) is 98.7 cm³/mol. The highest BCUT2D eigenvalue weighted by Gasteiger charge is 2.24. The maximum Gasteiger partial charge on any atom is 0.248 e. The number of ether oxygens (including phenoxy) is 2. The van der Waals surface area contributed by atoms with Gasteiger partial charge in [0.2, 0.25) is 5.91 Å². The first-order chi connectivity index (χ1) is 12.6. The number of hydrogen-bond acceptors (Lipinski definition) is 4. The van der Waals surface area contributed by atoms with Crippen molar-refractivity contribution in [3.05, 3.63) is 30.1 Å². The van der Waals surface area contributed by atoms with E-state index >= 15 is 0 Å². The lowest BCUT2D eigenvalue weighted by molar-refractivity contribution is -0.135.